The molecule has 0 aliphatic carbocycles. The van der Waals surface area contributed by atoms with Crippen molar-refractivity contribution in [3.63, 3.8) is 0 Å². The van der Waals surface area contributed by atoms with Crippen LogP contribution in [0.3, 0.4) is 0 Å². The van der Waals surface area contributed by atoms with E-state index in [2.05, 4.69) is 6.92 Å². The van der Waals surface area contributed by atoms with Crippen LogP contribution in [0.5, 0.6) is 5.75 Å². The summed E-state index contributed by atoms with van der Waals surface area (Å²) in [5.41, 5.74) is 2.48. The number of methoxy groups -OCH3 is 1. The Bertz CT molecular complexity index is 1230. The van der Waals surface area contributed by atoms with Crippen LogP contribution in [0.2, 0.25) is 0 Å². The fourth-order valence-corrected chi connectivity index (χ4v) is 4.64. The Hall–Kier alpha value is -3.23. The highest BCUT2D eigenvalue weighted by Crippen LogP contribution is 2.22. The molecule has 0 spiro atoms. The van der Waals surface area contributed by atoms with Gasteiger partial charge in [-0.15, -0.1) is 0 Å². The second-order valence-corrected chi connectivity index (χ2v) is 10.1. The normalized spacial score (nSPS) is 11.3. The minimum atomic E-state index is -4.13. The van der Waals surface area contributed by atoms with E-state index in [1.54, 1.807) is 30.2 Å². The monoisotopic (exact) mass is 513 g/mol. The van der Waals surface area contributed by atoms with Crippen LogP contribution in [0.1, 0.15) is 47.7 Å². The first-order chi connectivity index (χ1) is 17.3. The largest absolute Gasteiger partial charge is 0.383 e. The highest BCUT2D eigenvalue weighted by Gasteiger charge is 2.19. The molecule has 0 bridgehead atoms. The van der Waals surface area contributed by atoms with E-state index >= 15 is 0 Å². The average Bonchev–Trinajstić information content (AvgIpc) is 2.87. The summed E-state index contributed by atoms with van der Waals surface area (Å²) in [5, 5.41) is 0. The Morgan fingerprint density at radius 1 is 0.944 bits per heavy atom. The Morgan fingerprint density at radius 3 is 2.33 bits per heavy atom. The summed E-state index contributed by atoms with van der Waals surface area (Å²) in [6, 6.07) is 18.6. The molecule has 8 heteroatoms. The van der Waals surface area contributed by atoms with Crippen LogP contribution in [-0.4, -0.2) is 39.5 Å². The molecule has 0 aromatic heterocycles. The molecule has 0 aliphatic rings. The van der Waals surface area contributed by atoms with Crippen molar-refractivity contribution in [2.24, 2.45) is 0 Å². The van der Waals surface area contributed by atoms with Crippen molar-refractivity contribution in [3.8, 4) is 5.75 Å². The van der Waals surface area contributed by atoms with Crippen molar-refractivity contribution in [3.05, 3.63) is 95.3 Å². The fraction of sp³-hybridized carbons (Fsp3) is 0.321. The second kappa shape index (κ2) is 13.2. The summed E-state index contributed by atoms with van der Waals surface area (Å²) in [7, 11) is -2.56. The molecular weight excluding hydrogens is 481 g/mol. The molecular formula is C28H32FNO5S. The maximum absolute atomic E-state index is 13.3. The number of hydrogen-bond acceptors (Lipinski definition) is 5. The lowest BCUT2D eigenvalue weighted by molar-refractivity contribution is 0.0680. The van der Waals surface area contributed by atoms with Gasteiger partial charge in [0.25, 0.3) is 5.91 Å². The molecule has 6 nitrogen and oxygen atoms in total. The Morgan fingerprint density at radius 2 is 1.67 bits per heavy atom. The molecule has 0 saturated heterocycles. The zero-order valence-corrected chi connectivity index (χ0v) is 21.5. The lowest BCUT2D eigenvalue weighted by Crippen LogP contribution is -2.33. The van der Waals surface area contributed by atoms with Crippen LogP contribution < -0.4 is 4.18 Å². The van der Waals surface area contributed by atoms with Crippen LogP contribution in [-0.2, 0) is 27.8 Å². The van der Waals surface area contributed by atoms with Gasteiger partial charge in [-0.2, -0.15) is 8.42 Å². The Balaban J connectivity index is 1.73. The molecule has 36 heavy (non-hydrogen) atoms. The van der Waals surface area contributed by atoms with Gasteiger partial charge in [0.15, 0.2) is 0 Å². The number of carbonyl (C=O) groups is 1. The van der Waals surface area contributed by atoms with E-state index < -0.39 is 15.9 Å². The van der Waals surface area contributed by atoms with Gasteiger partial charge in [-0.1, -0.05) is 44.0 Å². The third-order valence-corrected chi connectivity index (χ3v) is 6.96. The molecule has 1 amide bonds. The molecule has 0 heterocycles. The van der Waals surface area contributed by atoms with Crippen molar-refractivity contribution < 1.29 is 26.5 Å². The number of carbonyl (C=O) groups excluding carboxylic acids is 1. The predicted octanol–water partition coefficient (Wildman–Crippen LogP) is 5.61. The summed E-state index contributed by atoms with van der Waals surface area (Å²) in [6.07, 6.45) is 4.46. The highest BCUT2D eigenvalue weighted by molar-refractivity contribution is 7.87. The van der Waals surface area contributed by atoms with E-state index in [1.165, 1.54) is 18.1 Å². The van der Waals surface area contributed by atoms with Crippen molar-refractivity contribution in [1.29, 1.82) is 0 Å². The first kappa shape index (κ1) is 27.4. The summed E-state index contributed by atoms with van der Waals surface area (Å²) in [6.45, 7) is 3.14. The van der Waals surface area contributed by atoms with Gasteiger partial charge in [-0.25, -0.2) is 4.39 Å². The van der Waals surface area contributed by atoms with Gasteiger partial charge in [-0.3, -0.25) is 4.79 Å². The molecule has 3 aromatic carbocycles. The minimum Gasteiger partial charge on any atom is -0.383 e. The van der Waals surface area contributed by atoms with Crippen LogP contribution in [0.15, 0.2) is 77.7 Å². The second-order valence-electron chi connectivity index (χ2n) is 8.51. The Kier molecular flexibility index (Phi) is 10.0. The predicted molar refractivity (Wildman–Crippen MR) is 137 cm³/mol. The molecule has 0 N–H and O–H groups in total. The van der Waals surface area contributed by atoms with Crippen molar-refractivity contribution in [2.45, 2.75) is 44.0 Å². The smallest absolute Gasteiger partial charge is 0.339 e. The molecule has 0 atom stereocenters. The van der Waals surface area contributed by atoms with Crippen LogP contribution >= 0.6 is 0 Å². The van der Waals surface area contributed by atoms with Gasteiger partial charge in [0.05, 0.1) is 6.61 Å². The first-order valence-electron chi connectivity index (χ1n) is 12.0. The zero-order chi connectivity index (χ0) is 26.0. The highest BCUT2D eigenvalue weighted by atomic mass is 32.2. The number of amides is 1. The number of unbranched alkanes of at least 4 members (excludes halogenated alkanes) is 2. The fourth-order valence-electron chi connectivity index (χ4n) is 3.72. The molecule has 0 saturated carbocycles. The average molecular weight is 514 g/mol. The minimum absolute atomic E-state index is 0.104. The Labute approximate surface area is 212 Å². The number of ether oxygens (including phenoxy) is 1. The lowest BCUT2D eigenvalue weighted by Gasteiger charge is -2.23. The van der Waals surface area contributed by atoms with Crippen molar-refractivity contribution in [1.82, 2.24) is 4.90 Å². The summed E-state index contributed by atoms with van der Waals surface area (Å²) < 4.78 is 48.7. The summed E-state index contributed by atoms with van der Waals surface area (Å²) in [5.74, 6) is -0.576. The van der Waals surface area contributed by atoms with Crippen molar-refractivity contribution >= 4 is 16.0 Å². The van der Waals surface area contributed by atoms with E-state index in [4.69, 9.17) is 8.92 Å². The van der Waals surface area contributed by atoms with E-state index in [-0.39, 0.29) is 23.1 Å². The standard InChI is InChI=1S/C28H32FNO5S/c1-3-4-5-7-22-10-12-24(13-11-22)28(31)30(18-19-34-2)21-23-8-6-9-26(20-23)35-36(32,33)27-16-14-25(29)15-17-27/h6,8-17,20H,3-5,7,18-19,21H2,1-2H3. The SMILES string of the molecule is CCCCCc1ccc(C(=O)N(CCOC)Cc2cccc(OS(=O)(=O)c3ccc(F)cc3)c2)cc1. The van der Waals surface area contributed by atoms with Crippen LogP contribution in [0.25, 0.3) is 0 Å². The molecule has 0 aliphatic heterocycles. The van der Waals surface area contributed by atoms with E-state index in [0.717, 1.165) is 43.5 Å². The number of aryl methyl sites for hydroxylation is 1. The topological polar surface area (TPSA) is 72.9 Å². The first-order valence-corrected chi connectivity index (χ1v) is 13.4. The quantitative estimate of drug-likeness (QED) is 0.219. The van der Waals surface area contributed by atoms with Crippen molar-refractivity contribution in [2.75, 3.05) is 20.3 Å². The summed E-state index contributed by atoms with van der Waals surface area (Å²) in [4.78, 5) is 14.8. The molecule has 3 aromatic rings. The van der Waals surface area contributed by atoms with Gasteiger partial charge in [0.1, 0.15) is 16.5 Å². The lowest BCUT2D eigenvalue weighted by atomic mass is 10.0. The molecule has 3 rings (SSSR count). The number of hydrogen-bond donors (Lipinski definition) is 0. The maximum Gasteiger partial charge on any atom is 0.339 e. The number of benzene rings is 3. The third-order valence-electron chi connectivity index (χ3n) is 5.70. The van der Waals surface area contributed by atoms with E-state index in [0.29, 0.717) is 24.3 Å². The van der Waals surface area contributed by atoms with Crippen LogP contribution in [0.4, 0.5) is 4.39 Å². The zero-order valence-electron chi connectivity index (χ0n) is 20.7. The maximum atomic E-state index is 13.3. The number of nitrogens with zero attached hydrogens (tertiary/aromatic N) is 1. The third kappa shape index (κ3) is 7.90. The summed E-state index contributed by atoms with van der Waals surface area (Å²) >= 11 is 0. The number of halogens is 1. The van der Waals surface area contributed by atoms with E-state index in [9.17, 15) is 17.6 Å². The molecule has 192 valence electrons. The van der Waals surface area contributed by atoms with Gasteiger partial charge in [0.2, 0.25) is 0 Å². The number of rotatable bonds is 13. The van der Waals surface area contributed by atoms with Gasteiger partial charge in [0, 0.05) is 25.8 Å². The van der Waals surface area contributed by atoms with Gasteiger partial charge < -0.3 is 13.8 Å². The van der Waals surface area contributed by atoms with E-state index in [1.807, 2.05) is 24.3 Å². The van der Waals surface area contributed by atoms with Crippen LogP contribution in [0, 0.1) is 5.82 Å². The molecule has 0 fully saturated rings. The van der Waals surface area contributed by atoms with Gasteiger partial charge in [-0.05, 0) is 72.5 Å². The van der Waals surface area contributed by atoms with Gasteiger partial charge >= 0.3 is 10.1 Å². The molecule has 0 radical (unpaired) electrons. The molecule has 0 unspecified atom stereocenters.